The van der Waals surface area contributed by atoms with Crippen LogP contribution < -0.4 is 10.8 Å². The highest BCUT2D eigenvalue weighted by atomic mass is 16.6. The predicted octanol–water partition coefficient (Wildman–Crippen LogP) is 0.751. The number of nitrogens with one attached hydrogen (secondary N) is 2. The molecule has 0 atom stereocenters. The topological polar surface area (TPSA) is 67.4 Å². The number of hydroxylamine groups is 1. The van der Waals surface area contributed by atoms with Gasteiger partial charge in [0, 0.05) is 19.9 Å². The van der Waals surface area contributed by atoms with Gasteiger partial charge in [-0.2, -0.15) is 0 Å². The number of hydrogen-bond acceptors (Lipinski definition) is 3. The molecule has 0 aliphatic rings. The fourth-order valence-corrected chi connectivity index (χ4v) is 1.06. The van der Waals surface area contributed by atoms with Gasteiger partial charge < -0.3 is 5.32 Å². The molecule has 5 heteroatoms. The summed E-state index contributed by atoms with van der Waals surface area (Å²) in [5, 5.41) is 2.70. The van der Waals surface area contributed by atoms with E-state index in [2.05, 4.69) is 10.8 Å². The number of hydrogen-bond donors (Lipinski definition) is 2. The number of unbranched alkanes of at least 4 members (excludes halogenated alkanes) is 2. The van der Waals surface area contributed by atoms with Gasteiger partial charge in [-0.3, -0.25) is 14.4 Å². The normalized spacial score (nSPS) is 9.73. The molecule has 0 rings (SSSR count). The maximum absolute atomic E-state index is 11.0. The van der Waals surface area contributed by atoms with Crippen molar-refractivity contribution in [1.82, 2.24) is 10.8 Å². The summed E-state index contributed by atoms with van der Waals surface area (Å²) in [4.78, 5) is 26.3. The molecule has 0 aliphatic carbocycles. The largest absolute Gasteiger partial charge is 0.356 e. The predicted molar refractivity (Wildman–Crippen MR) is 56.9 cm³/mol. The second-order valence-electron chi connectivity index (χ2n) is 3.25. The third-order valence-corrected chi connectivity index (χ3v) is 1.78. The fraction of sp³-hybridized carbons (Fsp3) is 0.800. The van der Waals surface area contributed by atoms with Crippen LogP contribution in [0.4, 0.5) is 0 Å². The van der Waals surface area contributed by atoms with Gasteiger partial charge in [0.2, 0.25) is 11.8 Å². The minimum absolute atomic E-state index is 0.0101. The van der Waals surface area contributed by atoms with Gasteiger partial charge in [0.15, 0.2) is 0 Å². The molecule has 0 fully saturated rings. The number of amides is 2. The Morgan fingerprint density at radius 3 is 2.53 bits per heavy atom. The van der Waals surface area contributed by atoms with Crippen molar-refractivity contribution >= 4 is 11.8 Å². The third kappa shape index (κ3) is 10.8. The van der Waals surface area contributed by atoms with Crippen LogP contribution in [-0.4, -0.2) is 25.0 Å². The summed E-state index contributed by atoms with van der Waals surface area (Å²) >= 11 is 0. The lowest BCUT2D eigenvalue weighted by molar-refractivity contribution is -0.133. The summed E-state index contributed by atoms with van der Waals surface area (Å²) in [6.07, 6.45) is 3.12. The molecule has 0 aromatic rings. The molecule has 0 radical (unpaired) electrons. The second kappa shape index (κ2) is 9.45. The molecule has 0 aromatic heterocycles. The van der Waals surface area contributed by atoms with Gasteiger partial charge in [0.1, 0.15) is 0 Å². The quantitative estimate of drug-likeness (QED) is 0.465. The van der Waals surface area contributed by atoms with Crippen LogP contribution in [0.1, 0.15) is 39.5 Å². The summed E-state index contributed by atoms with van der Waals surface area (Å²) in [7, 11) is 0. The molecular weight excluding hydrogens is 196 g/mol. The monoisotopic (exact) mass is 216 g/mol. The van der Waals surface area contributed by atoms with E-state index in [1.165, 1.54) is 6.92 Å². The van der Waals surface area contributed by atoms with Crippen LogP contribution in [0.3, 0.4) is 0 Å². The van der Waals surface area contributed by atoms with Crippen LogP contribution in [0.2, 0.25) is 0 Å². The summed E-state index contributed by atoms with van der Waals surface area (Å²) < 4.78 is 0. The Morgan fingerprint density at radius 1 is 1.20 bits per heavy atom. The Labute approximate surface area is 90.5 Å². The summed E-state index contributed by atoms with van der Waals surface area (Å²) in [6, 6.07) is 0. The van der Waals surface area contributed by atoms with Crippen molar-refractivity contribution in [1.29, 1.82) is 0 Å². The van der Waals surface area contributed by atoms with E-state index in [1.807, 2.05) is 6.92 Å². The molecule has 88 valence electrons. The van der Waals surface area contributed by atoms with Gasteiger partial charge in [-0.1, -0.05) is 6.42 Å². The molecule has 0 aromatic carbocycles. The Kier molecular flexibility index (Phi) is 8.76. The Balaban J connectivity index is 3.16. The van der Waals surface area contributed by atoms with Gasteiger partial charge in [0.25, 0.3) is 0 Å². The van der Waals surface area contributed by atoms with Crippen molar-refractivity contribution in [2.24, 2.45) is 0 Å². The van der Waals surface area contributed by atoms with Crippen LogP contribution >= 0.6 is 0 Å². The van der Waals surface area contributed by atoms with Gasteiger partial charge in [-0.25, -0.2) is 5.48 Å². The molecule has 5 nitrogen and oxygen atoms in total. The van der Waals surface area contributed by atoms with Crippen LogP contribution in [0, 0.1) is 0 Å². The van der Waals surface area contributed by atoms with E-state index in [9.17, 15) is 9.59 Å². The van der Waals surface area contributed by atoms with Crippen molar-refractivity contribution in [3.05, 3.63) is 0 Å². The van der Waals surface area contributed by atoms with Crippen LogP contribution in [0.25, 0.3) is 0 Å². The van der Waals surface area contributed by atoms with Gasteiger partial charge in [-0.05, 0) is 19.8 Å². The minimum atomic E-state index is -0.0867. The Morgan fingerprint density at radius 2 is 1.93 bits per heavy atom. The molecule has 0 unspecified atom stereocenters. The van der Waals surface area contributed by atoms with E-state index in [-0.39, 0.29) is 11.8 Å². The zero-order valence-corrected chi connectivity index (χ0v) is 9.47. The minimum Gasteiger partial charge on any atom is -0.356 e. The van der Waals surface area contributed by atoms with Crippen molar-refractivity contribution in [2.75, 3.05) is 13.2 Å². The van der Waals surface area contributed by atoms with Gasteiger partial charge in [0.05, 0.1) is 6.61 Å². The first kappa shape index (κ1) is 13.9. The van der Waals surface area contributed by atoms with Crippen molar-refractivity contribution in [2.45, 2.75) is 39.5 Å². The average molecular weight is 216 g/mol. The van der Waals surface area contributed by atoms with E-state index >= 15 is 0 Å². The standard InChI is InChI=1S/C10H20N2O3/c1-3-15-12-10(14)7-5-4-6-8-11-9(2)13/h3-8H2,1-2H3,(H,11,13)(H,12,14). The summed E-state index contributed by atoms with van der Waals surface area (Å²) in [6.45, 7) is 4.47. The van der Waals surface area contributed by atoms with Gasteiger partial charge in [-0.15, -0.1) is 0 Å². The van der Waals surface area contributed by atoms with Crippen molar-refractivity contribution in [3.63, 3.8) is 0 Å². The van der Waals surface area contributed by atoms with E-state index < -0.39 is 0 Å². The zero-order valence-electron chi connectivity index (χ0n) is 9.47. The van der Waals surface area contributed by atoms with Crippen molar-refractivity contribution < 1.29 is 14.4 Å². The Bertz CT molecular complexity index is 195. The van der Waals surface area contributed by atoms with Crippen molar-refractivity contribution in [3.8, 4) is 0 Å². The first-order valence-corrected chi connectivity index (χ1v) is 5.32. The molecule has 0 heterocycles. The first-order valence-electron chi connectivity index (χ1n) is 5.32. The lowest BCUT2D eigenvalue weighted by Gasteiger charge is -2.04. The van der Waals surface area contributed by atoms with Crippen LogP contribution in [0.15, 0.2) is 0 Å². The average Bonchev–Trinajstić information content (AvgIpc) is 2.19. The van der Waals surface area contributed by atoms with Gasteiger partial charge >= 0.3 is 0 Å². The molecule has 0 saturated heterocycles. The maximum atomic E-state index is 11.0. The molecule has 0 bridgehead atoms. The third-order valence-electron chi connectivity index (χ3n) is 1.78. The van der Waals surface area contributed by atoms with Crippen LogP contribution in [-0.2, 0) is 14.4 Å². The van der Waals surface area contributed by atoms with E-state index in [4.69, 9.17) is 4.84 Å². The second-order valence-corrected chi connectivity index (χ2v) is 3.25. The molecule has 0 spiro atoms. The molecule has 15 heavy (non-hydrogen) atoms. The lowest BCUT2D eigenvalue weighted by Crippen LogP contribution is -2.23. The molecule has 0 saturated carbocycles. The highest BCUT2D eigenvalue weighted by molar-refractivity contribution is 5.74. The van der Waals surface area contributed by atoms with E-state index in [0.29, 0.717) is 19.6 Å². The first-order chi connectivity index (χ1) is 7.16. The SMILES string of the molecule is CCONC(=O)CCCCCNC(C)=O. The molecule has 2 amide bonds. The summed E-state index contributed by atoms with van der Waals surface area (Å²) in [5.74, 6) is -0.0968. The Hall–Kier alpha value is -1.10. The highest BCUT2D eigenvalue weighted by Gasteiger charge is 1.99. The maximum Gasteiger partial charge on any atom is 0.243 e. The smallest absolute Gasteiger partial charge is 0.243 e. The van der Waals surface area contributed by atoms with E-state index in [0.717, 1.165) is 19.3 Å². The molecular formula is C10H20N2O3. The number of carbonyl (C=O) groups excluding carboxylic acids is 2. The van der Waals surface area contributed by atoms with Crippen LogP contribution in [0.5, 0.6) is 0 Å². The number of carbonyl (C=O) groups is 2. The van der Waals surface area contributed by atoms with E-state index in [1.54, 1.807) is 0 Å². The zero-order chi connectivity index (χ0) is 11.5. The lowest BCUT2D eigenvalue weighted by atomic mass is 10.2. The summed E-state index contributed by atoms with van der Waals surface area (Å²) in [5.41, 5.74) is 2.33. The number of rotatable bonds is 8. The highest BCUT2D eigenvalue weighted by Crippen LogP contribution is 1.98. The fourth-order valence-electron chi connectivity index (χ4n) is 1.06. The molecule has 2 N–H and O–H groups in total. The molecule has 0 aliphatic heterocycles.